The van der Waals surface area contributed by atoms with Gasteiger partial charge in [-0.05, 0) is 47.5 Å². The Kier molecular flexibility index (Phi) is 6.18. The van der Waals surface area contributed by atoms with Crippen LogP contribution in [0.15, 0.2) is 158 Å². The fraction of sp³-hybridized carbons (Fsp3) is 0.0889. The van der Waals surface area contributed by atoms with E-state index in [0.717, 1.165) is 95.1 Å². The minimum atomic E-state index is -0.279. The number of amidine groups is 1. The fourth-order valence-electron chi connectivity index (χ4n) is 8.10. The topological polar surface area (TPSA) is 75.8 Å². The second-order valence-corrected chi connectivity index (χ2v) is 13.5. The Morgan fingerprint density at radius 2 is 1.31 bits per heavy atom. The lowest BCUT2D eigenvalue weighted by molar-refractivity contribution is 0.411. The van der Waals surface area contributed by atoms with E-state index in [2.05, 4.69) is 120 Å². The first-order valence-corrected chi connectivity index (χ1v) is 17.4. The number of hydrogen-bond donors (Lipinski definition) is 2. The largest absolute Gasteiger partial charge is 0.460 e. The van der Waals surface area contributed by atoms with Gasteiger partial charge in [0.25, 0.3) is 0 Å². The number of hydrogen-bond acceptors (Lipinski definition) is 6. The van der Waals surface area contributed by atoms with Crippen molar-refractivity contribution in [2.75, 3.05) is 0 Å². The maximum absolute atomic E-state index is 6.84. The van der Waals surface area contributed by atoms with E-state index in [-0.39, 0.29) is 18.2 Å². The molecule has 1 aliphatic heterocycles. The molecule has 2 N–H and O–H groups in total. The van der Waals surface area contributed by atoms with Crippen LogP contribution in [0.5, 0.6) is 0 Å². The Balaban J connectivity index is 0.999. The molecule has 0 fully saturated rings. The summed E-state index contributed by atoms with van der Waals surface area (Å²) in [7, 11) is 0. The van der Waals surface area contributed by atoms with Gasteiger partial charge in [0, 0.05) is 50.4 Å². The van der Waals surface area contributed by atoms with E-state index in [4.69, 9.17) is 18.2 Å². The third kappa shape index (κ3) is 4.50. The summed E-state index contributed by atoms with van der Waals surface area (Å²) < 4.78 is 19.2. The molecule has 0 saturated carbocycles. The smallest absolute Gasteiger partial charge is 0.145 e. The third-order valence-corrected chi connectivity index (χ3v) is 10.5. The van der Waals surface area contributed by atoms with E-state index in [1.54, 1.807) is 0 Å². The van der Waals surface area contributed by atoms with E-state index >= 15 is 0 Å². The monoisotopic (exact) mass is 661 g/mol. The number of para-hydroxylation sites is 3. The normalized spacial score (nSPS) is 18.8. The molecule has 6 nitrogen and oxygen atoms in total. The van der Waals surface area contributed by atoms with E-state index in [1.165, 1.54) is 5.56 Å². The van der Waals surface area contributed by atoms with Gasteiger partial charge in [-0.1, -0.05) is 109 Å². The number of furan rings is 3. The maximum Gasteiger partial charge on any atom is 0.145 e. The molecule has 3 aromatic heterocycles. The minimum Gasteiger partial charge on any atom is -0.460 e. The molecule has 11 rings (SSSR count). The Bertz CT molecular complexity index is 2870. The molecular formula is C45H31N3O3. The molecule has 244 valence electrons. The summed E-state index contributed by atoms with van der Waals surface area (Å²) in [5.41, 5.74) is 9.91. The molecule has 0 saturated heterocycles. The standard InChI is InChI=1S/C45H31N3O3/c1-2-10-26(11-3-1)43-46-44(33-15-9-19-39-41(33)32-13-5-7-18-37(32)50-39)48-45(47-43)34-16-8-14-31-30-22-20-28(25-40(30)51-42(31)34)27-21-23-38-35(24-27)29-12-4-6-17-36(29)49-38/h1-24,28,43-44,46H,25H2,(H,47,48). The highest BCUT2D eigenvalue weighted by molar-refractivity contribution is 6.11. The predicted molar refractivity (Wildman–Crippen MR) is 204 cm³/mol. The van der Waals surface area contributed by atoms with E-state index in [9.17, 15) is 0 Å². The van der Waals surface area contributed by atoms with Gasteiger partial charge < -0.3 is 18.6 Å². The number of aliphatic imine (C=N–C) groups is 1. The van der Waals surface area contributed by atoms with E-state index < -0.39 is 0 Å². The summed E-state index contributed by atoms with van der Waals surface area (Å²) in [5.74, 6) is 1.96. The quantitative estimate of drug-likeness (QED) is 0.196. The molecule has 9 aromatic rings. The van der Waals surface area contributed by atoms with Crippen molar-refractivity contribution in [1.82, 2.24) is 10.6 Å². The lowest BCUT2D eigenvalue weighted by atomic mass is 9.87. The van der Waals surface area contributed by atoms with Crippen LogP contribution in [-0.2, 0) is 6.42 Å². The Hall–Kier alpha value is -6.37. The molecule has 0 bridgehead atoms. The van der Waals surface area contributed by atoms with Crippen molar-refractivity contribution in [3.05, 3.63) is 173 Å². The van der Waals surface area contributed by atoms with Crippen LogP contribution in [0.4, 0.5) is 0 Å². The number of allylic oxidation sites excluding steroid dienone is 1. The van der Waals surface area contributed by atoms with Crippen LogP contribution >= 0.6 is 0 Å². The molecule has 2 aliphatic rings. The molecule has 1 aliphatic carbocycles. The molecular weight excluding hydrogens is 631 g/mol. The van der Waals surface area contributed by atoms with Gasteiger partial charge >= 0.3 is 0 Å². The Labute approximate surface area is 292 Å². The molecule has 0 amide bonds. The van der Waals surface area contributed by atoms with Crippen molar-refractivity contribution in [1.29, 1.82) is 0 Å². The SMILES string of the molecule is C1=CC(c2ccc3oc4ccccc4c3c2)Cc2oc3c(C4=NC(c5ccccc5)NC(c5cccc6oc7ccccc7c56)N4)cccc3c21. The van der Waals surface area contributed by atoms with Crippen LogP contribution in [-0.4, -0.2) is 5.84 Å². The van der Waals surface area contributed by atoms with Crippen molar-refractivity contribution >= 4 is 66.8 Å². The van der Waals surface area contributed by atoms with Gasteiger partial charge in [0.1, 0.15) is 51.8 Å². The Morgan fingerprint density at radius 1 is 0.588 bits per heavy atom. The highest BCUT2D eigenvalue weighted by atomic mass is 16.3. The molecule has 3 unspecified atom stereocenters. The van der Waals surface area contributed by atoms with Gasteiger partial charge in [-0.15, -0.1) is 0 Å². The van der Waals surface area contributed by atoms with Crippen molar-refractivity contribution in [2.24, 2.45) is 4.99 Å². The van der Waals surface area contributed by atoms with Crippen molar-refractivity contribution in [3.8, 4) is 0 Å². The second kappa shape index (κ2) is 11.1. The summed E-state index contributed by atoms with van der Waals surface area (Å²) in [6.45, 7) is 0. The van der Waals surface area contributed by atoms with Crippen LogP contribution in [0.1, 0.15) is 51.8 Å². The van der Waals surface area contributed by atoms with Gasteiger partial charge in [0.05, 0.1) is 5.56 Å². The third-order valence-electron chi connectivity index (χ3n) is 10.5. The molecule has 4 heterocycles. The van der Waals surface area contributed by atoms with E-state index in [0.29, 0.717) is 0 Å². The lowest BCUT2D eigenvalue weighted by Crippen LogP contribution is -2.45. The molecule has 6 heteroatoms. The first-order chi connectivity index (χ1) is 25.2. The van der Waals surface area contributed by atoms with Crippen LogP contribution in [0, 0.1) is 0 Å². The zero-order chi connectivity index (χ0) is 33.5. The van der Waals surface area contributed by atoms with Crippen molar-refractivity contribution < 1.29 is 13.3 Å². The molecule has 3 atom stereocenters. The van der Waals surface area contributed by atoms with Gasteiger partial charge in [-0.2, -0.15) is 0 Å². The number of benzene rings is 6. The first kappa shape index (κ1) is 28.5. The molecule has 51 heavy (non-hydrogen) atoms. The lowest BCUT2D eigenvalue weighted by Gasteiger charge is -2.32. The predicted octanol–water partition coefficient (Wildman–Crippen LogP) is 10.9. The summed E-state index contributed by atoms with van der Waals surface area (Å²) in [5, 5.41) is 13.1. The fourth-order valence-corrected chi connectivity index (χ4v) is 8.10. The van der Waals surface area contributed by atoms with Crippen LogP contribution in [0.25, 0.3) is 60.9 Å². The van der Waals surface area contributed by atoms with Gasteiger partial charge in [-0.25, -0.2) is 4.99 Å². The summed E-state index contributed by atoms with van der Waals surface area (Å²) >= 11 is 0. The second-order valence-electron chi connectivity index (χ2n) is 13.5. The highest BCUT2D eigenvalue weighted by Gasteiger charge is 2.30. The van der Waals surface area contributed by atoms with Crippen LogP contribution in [0.2, 0.25) is 0 Å². The summed E-state index contributed by atoms with van der Waals surface area (Å²) in [6, 6.07) is 46.0. The first-order valence-electron chi connectivity index (χ1n) is 17.4. The van der Waals surface area contributed by atoms with Crippen LogP contribution < -0.4 is 10.6 Å². The maximum atomic E-state index is 6.84. The molecule has 0 radical (unpaired) electrons. The van der Waals surface area contributed by atoms with E-state index in [1.807, 2.05) is 36.4 Å². The van der Waals surface area contributed by atoms with Gasteiger partial charge in [0.15, 0.2) is 0 Å². The summed E-state index contributed by atoms with van der Waals surface area (Å²) in [4.78, 5) is 5.28. The molecule has 0 spiro atoms. The number of nitrogens with zero attached hydrogens (tertiary/aromatic N) is 1. The van der Waals surface area contributed by atoms with Gasteiger partial charge in [-0.3, -0.25) is 5.32 Å². The minimum absolute atomic E-state index is 0.186. The molecule has 6 aromatic carbocycles. The number of rotatable bonds is 4. The average Bonchev–Trinajstić information content (AvgIpc) is 3.88. The number of nitrogens with one attached hydrogen (secondary N) is 2. The zero-order valence-electron chi connectivity index (χ0n) is 27.5. The van der Waals surface area contributed by atoms with Crippen molar-refractivity contribution in [2.45, 2.75) is 24.7 Å². The zero-order valence-corrected chi connectivity index (χ0v) is 27.5. The average molecular weight is 662 g/mol. The highest BCUT2D eigenvalue weighted by Crippen LogP contribution is 2.41. The van der Waals surface area contributed by atoms with Crippen molar-refractivity contribution in [3.63, 3.8) is 0 Å². The van der Waals surface area contributed by atoms with Gasteiger partial charge in [0.2, 0.25) is 0 Å². The summed E-state index contributed by atoms with van der Waals surface area (Å²) in [6.07, 6.45) is 4.79. The number of fused-ring (bicyclic) bond motifs is 9. The Morgan fingerprint density at radius 3 is 2.22 bits per heavy atom. The van der Waals surface area contributed by atoms with Crippen LogP contribution in [0.3, 0.4) is 0 Å².